The van der Waals surface area contributed by atoms with E-state index in [-0.39, 0.29) is 6.09 Å². The highest BCUT2D eigenvalue weighted by Crippen LogP contribution is 2.52. The Balaban J connectivity index is 1.50. The van der Waals surface area contributed by atoms with Crippen LogP contribution >= 0.6 is 27.5 Å². The largest absolute Gasteiger partial charge is 0.444 e. The summed E-state index contributed by atoms with van der Waals surface area (Å²) >= 11 is 9.21. The molecule has 7 heteroatoms. The predicted octanol–water partition coefficient (Wildman–Crippen LogP) is 4.67. The SMILES string of the molecule is CC(C)(C)OC(=O)N1CCC2(CC1)CC(C#Cc1nnc(Cl)cc1Br)C2. The number of hydrogen-bond acceptors (Lipinski definition) is 4. The average molecular weight is 441 g/mol. The smallest absolute Gasteiger partial charge is 0.410 e. The van der Waals surface area contributed by atoms with Gasteiger partial charge in [-0.2, -0.15) is 0 Å². The second kappa shape index (κ2) is 7.36. The van der Waals surface area contributed by atoms with Crippen LogP contribution in [0.5, 0.6) is 0 Å². The molecule has 140 valence electrons. The van der Waals surface area contributed by atoms with Crippen LogP contribution in [0.3, 0.4) is 0 Å². The highest BCUT2D eigenvalue weighted by atomic mass is 79.9. The number of rotatable bonds is 0. The Bertz CT molecular complexity index is 750. The Morgan fingerprint density at radius 1 is 1.35 bits per heavy atom. The van der Waals surface area contributed by atoms with Gasteiger partial charge in [-0.3, -0.25) is 0 Å². The molecule has 0 unspecified atom stereocenters. The van der Waals surface area contributed by atoms with Crippen LogP contribution in [0.2, 0.25) is 5.15 Å². The molecule has 3 rings (SSSR count). The molecule has 0 atom stereocenters. The fourth-order valence-electron chi connectivity index (χ4n) is 3.59. The molecule has 2 aliphatic rings. The van der Waals surface area contributed by atoms with E-state index in [2.05, 4.69) is 38.0 Å². The van der Waals surface area contributed by atoms with Gasteiger partial charge in [-0.05, 0) is 79.8 Å². The number of aromatic nitrogens is 2. The molecular formula is C19H23BrClN3O2. The Morgan fingerprint density at radius 3 is 2.58 bits per heavy atom. The zero-order valence-electron chi connectivity index (χ0n) is 15.3. The Morgan fingerprint density at radius 2 is 2.00 bits per heavy atom. The van der Waals surface area contributed by atoms with Gasteiger partial charge in [0.15, 0.2) is 5.15 Å². The molecule has 0 aromatic carbocycles. The van der Waals surface area contributed by atoms with Gasteiger partial charge in [-0.1, -0.05) is 17.5 Å². The van der Waals surface area contributed by atoms with E-state index in [1.165, 1.54) is 0 Å². The van der Waals surface area contributed by atoms with E-state index in [0.717, 1.165) is 43.2 Å². The molecule has 1 aliphatic carbocycles. The van der Waals surface area contributed by atoms with Gasteiger partial charge >= 0.3 is 6.09 Å². The fourth-order valence-corrected chi connectivity index (χ4v) is 4.26. The molecule has 0 bridgehead atoms. The maximum Gasteiger partial charge on any atom is 0.410 e. The maximum absolute atomic E-state index is 12.2. The molecule has 1 spiro atoms. The molecule has 0 radical (unpaired) electrons. The minimum Gasteiger partial charge on any atom is -0.444 e. The monoisotopic (exact) mass is 439 g/mol. The van der Waals surface area contributed by atoms with Crippen molar-refractivity contribution in [1.82, 2.24) is 15.1 Å². The van der Waals surface area contributed by atoms with Crippen LogP contribution in [0.15, 0.2) is 10.5 Å². The second-order valence-corrected chi connectivity index (χ2v) is 9.45. The number of hydrogen-bond donors (Lipinski definition) is 0. The Kier molecular flexibility index (Phi) is 5.50. The second-order valence-electron chi connectivity index (χ2n) is 8.21. The zero-order valence-corrected chi connectivity index (χ0v) is 17.7. The van der Waals surface area contributed by atoms with Gasteiger partial charge in [-0.15, -0.1) is 10.2 Å². The summed E-state index contributed by atoms with van der Waals surface area (Å²) < 4.78 is 6.23. The maximum atomic E-state index is 12.2. The van der Waals surface area contributed by atoms with Crippen LogP contribution in [0.25, 0.3) is 0 Å². The quantitative estimate of drug-likeness (QED) is 0.550. The lowest BCUT2D eigenvalue weighted by molar-refractivity contribution is -0.0157. The van der Waals surface area contributed by atoms with Crippen LogP contribution in [-0.4, -0.2) is 39.9 Å². The van der Waals surface area contributed by atoms with Crippen molar-refractivity contribution in [2.75, 3.05) is 13.1 Å². The lowest BCUT2D eigenvalue weighted by Crippen LogP contribution is -2.49. The van der Waals surface area contributed by atoms with Crippen LogP contribution in [-0.2, 0) is 4.74 Å². The van der Waals surface area contributed by atoms with Crippen molar-refractivity contribution in [2.45, 2.75) is 52.1 Å². The Labute approximate surface area is 168 Å². The summed E-state index contributed by atoms with van der Waals surface area (Å²) in [6.07, 6.45) is 4.01. The summed E-state index contributed by atoms with van der Waals surface area (Å²) in [7, 11) is 0. The summed E-state index contributed by atoms with van der Waals surface area (Å²) in [5.41, 5.74) is 0.512. The predicted molar refractivity (Wildman–Crippen MR) is 104 cm³/mol. The molecule has 2 fully saturated rings. The molecule has 1 aliphatic heterocycles. The third-order valence-electron chi connectivity index (χ3n) is 4.95. The van der Waals surface area contributed by atoms with E-state index in [4.69, 9.17) is 16.3 Å². The molecule has 5 nitrogen and oxygen atoms in total. The van der Waals surface area contributed by atoms with Crippen molar-refractivity contribution in [3.05, 3.63) is 21.4 Å². The van der Waals surface area contributed by atoms with Gasteiger partial charge < -0.3 is 9.64 Å². The van der Waals surface area contributed by atoms with Crippen molar-refractivity contribution < 1.29 is 9.53 Å². The van der Waals surface area contributed by atoms with Crippen molar-refractivity contribution in [2.24, 2.45) is 11.3 Å². The van der Waals surface area contributed by atoms with Gasteiger partial charge in [0.25, 0.3) is 0 Å². The molecule has 1 saturated carbocycles. The fraction of sp³-hybridized carbons (Fsp3) is 0.632. The summed E-state index contributed by atoms with van der Waals surface area (Å²) in [4.78, 5) is 14.0. The highest BCUT2D eigenvalue weighted by Gasteiger charge is 2.46. The molecule has 0 N–H and O–H groups in total. The summed E-state index contributed by atoms with van der Waals surface area (Å²) in [6.45, 7) is 7.23. The topological polar surface area (TPSA) is 55.3 Å². The average Bonchev–Trinajstić information content (AvgIpc) is 2.51. The number of amides is 1. The number of carbonyl (C=O) groups excluding carboxylic acids is 1. The molecule has 26 heavy (non-hydrogen) atoms. The first kappa shape index (κ1) is 19.4. The molecule has 1 aromatic rings. The number of ether oxygens (including phenoxy) is 1. The minimum absolute atomic E-state index is 0.200. The minimum atomic E-state index is -0.442. The standard InChI is InChI=1S/C19H23BrClN3O2/c1-18(2,3)26-17(25)24-8-6-19(7-9-24)11-13(12-19)4-5-15-14(20)10-16(21)23-22-15/h10,13H,6-9,11-12H2,1-3H3. The molecule has 2 heterocycles. The molecular weight excluding hydrogens is 418 g/mol. The van der Waals surface area contributed by atoms with E-state index in [1.54, 1.807) is 6.07 Å². The van der Waals surface area contributed by atoms with Gasteiger partial charge in [-0.25, -0.2) is 4.79 Å². The number of piperidine rings is 1. The van der Waals surface area contributed by atoms with Gasteiger partial charge in [0, 0.05) is 19.0 Å². The first-order valence-corrected chi connectivity index (χ1v) is 10.0. The van der Waals surface area contributed by atoms with E-state index < -0.39 is 5.60 Å². The molecule has 1 aromatic heterocycles. The lowest BCUT2D eigenvalue weighted by atomic mass is 9.58. The number of halogens is 2. The van der Waals surface area contributed by atoms with E-state index >= 15 is 0 Å². The van der Waals surface area contributed by atoms with E-state index in [1.807, 2.05) is 25.7 Å². The van der Waals surface area contributed by atoms with Crippen molar-refractivity contribution in [3.8, 4) is 11.8 Å². The lowest BCUT2D eigenvalue weighted by Gasteiger charge is -2.50. The van der Waals surface area contributed by atoms with Crippen LogP contribution in [0.1, 0.15) is 52.1 Å². The van der Waals surface area contributed by atoms with Crippen molar-refractivity contribution >= 4 is 33.6 Å². The molecule has 1 saturated heterocycles. The van der Waals surface area contributed by atoms with E-state index in [0.29, 0.717) is 22.2 Å². The van der Waals surface area contributed by atoms with Gasteiger partial charge in [0.05, 0.1) is 4.47 Å². The highest BCUT2D eigenvalue weighted by molar-refractivity contribution is 9.10. The summed E-state index contributed by atoms with van der Waals surface area (Å²) in [6, 6.07) is 1.70. The normalized spacial score (nSPS) is 19.5. The van der Waals surface area contributed by atoms with E-state index in [9.17, 15) is 4.79 Å². The van der Waals surface area contributed by atoms with Crippen molar-refractivity contribution in [3.63, 3.8) is 0 Å². The van der Waals surface area contributed by atoms with Crippen molar-refractivity contribution in [1.29, 1.82) is 0 Å². The third kappa shape index (κ3) is 4.69. The Hall–Kier alpha value is -1.32. The third-order valence-corrected chi connectivity index (χ3v) is 5.74. The van der Waals surface area contributed by atoms with Crippen LogP contribution < -0.4 is 0 Å². The van der Waals surface area contributed by atoms with Gasteiger partial charge in [0.1, 0.15) is 11.3 Å². The number of carbonyl (C=O) groups is 1. The number of nitrogens with zero attached hydrogens (tertiary/aromatic N) is 3. The van der Waals surface area contributed by atoms with Crippen LogP contribution in [0, 0.1) is 23.2 Å². The molecule has 1 amide bonds. The first-order valence-electron chi connectivity index (χ1n) is 8.84. The van der Waals surface area contributed by atoms with Crippen LogP contribution in [0.4, 0.5) is 4.79 Å². The summed E-state index contributed by atoms with van der Waals surface area (Å²) in [5, 5.41) is 8.19. The first-order chi connectivity index (χ1) is 12.2. The summed E-state index contributed by atoms with van der Waals surface area (Å²) in [5.74, 6) is 6.79. The number of likely N-dealkylation sites (tertiary alicyclic amines) is 1. The van der Waals surface area contributed by atoms with Gasteiger partial charge in [0.2, 0.25) is 0 Å². The zero-order chi connectivity index (χ0) is 18.9.